The summed E-state index contributed by atoms with van der Waals surface area (Å²) in [5, 5.41) is 25.1. The van der Waals surface area contributed by atoms with Crippen molar-refractivity contribution in [2.45, 2.75) is 6.54 Å². The number of nitrogens with zero attached hydrogens (tertiary/aromatic N) is 1. The molecule has 0 unspecified atom stereocenters. The van der Waals surface area contributed by atoms with Crippen LogP contribution in [0.2, 0.25) is 0 Å². The van der Waals surface area contributed by atoms with Crippen molar-refractivity contribution >= 4 is 28.6 Å². The number of rotatable bonds is 5. The van der Waals surface area contributed by atoms with E-state index in [2.05, 4.69) is 16.7 Å². The lowest BCUT2D eigenvalue weighted by molar-refractivity contribution is -0.118. The van der Waals surface area contributed by atoms with E-state index in [-0.39, 0.29) is 0 Å². The molecular weight excluding hydrogens is 274 g/mol. The zero-order valence-corrected chi connectivity index (χ0v) is 11.4. The highest BCUT2D eigenvalue weighted by atomic mass is 32.1. The molecule has 3 N–H and O–H groups in total. The van der Waals surface area contributed by atoms with Crippen molar-refractivity contribution in [1.29, 1.82) is 5.26 Å². The second kappa shape index (κ2) is 6.70. The fourth-order valence-corrected chi connectivity index (χ4v) is 2.38. The van der Waals surface area contributed by atoms with Gasteiger partial charge in [0.05, 0.1) is 5.56 Å². The van der Waals surface area contributed by atoms with E-state index in [1.54, 1.807) is 12.1 Å². The molecule has 0 spiro atoms. The molecule has 0 atom stereocenters. The molecule has 1 amide bonds. The maximum atomic E-state index is 11.1. The Bertz CT molecular complexity index is 646. The summed E-state index contributed by atoms with van der Waals surface area (Å²) in [5.74, 6) is -0.445. The van der Waals surface area contributed by atoms with Crippen LogP contribution in [0.25, 0.3) is 0 Å². The molecule has 6 heteroatoms. The third kappa shape index (κ3) is 3.82. The molecule has 20 heavy (non-hydrogen) atoms. The third-order valence-corrected chi connectivity index (χ3v) is 3.48. The first-order valence-electron chi connectivity index (χ1n) is 5.93. The van der Waals surface area contributed by atoms with Gasteiger partial charge in [0.25, 0.3) is 0 Å². The van der Waals surface area contributed by atoms with Crippen molar-refractivity contribution in [2.75, 3.05) is 17.2 Å². The van der Waals surface area contributed by atoms with Crippen molar-refractivity contribution in [1.82, 2.24) is 0 Å². The van der Waals surface area contributed by atoms with Crippen LogP contribution in [-0.2, 0) is 11.3 Å². The van der Waals surface area contributed by atoms with E-state index < -0.39 is 12.5 Å². The molecule has 2 rings (SSSR count). The number of hydrogen-bond acceptors (Lipinski definition) is 5. The molecule has 0 radical (unpaired) electrons. The number of aliphatic hydroxyl groups excluding tert-OH is 1. The molecule has 0 fully saturated rings. The van der Waals surface area contributed by atoms with Crippen molar-refractivity contribution in [3.05, 3.63) is 46.2 Å². The van der Waals surface area contributed by atoms with Gasteiger partial charge in [-0.25, -0.2) is 0 Å². The second-order valence-electron chi connectivity index (χ2n) is 4.05. The summed E-state index contributed by atoms with van der Waals surface area (Å²) in [5.41, 5.74) is 2.14. The number of anilines is 2. The van der Waals surface area contributed by atoms with Crippen LogP contribution in [0.5, 0.6) is 0 Å². The molecule has 0 bridgehead atoms. The lowest BCUT2D eigenvalue weighted by Gasteiger charge is -2.08. The van der Waals surface area contributed by atoms with Crippen LogP contribution in [0.3, 0.4) is 0 Å². The maximum Gasteiger partial charge on any atom is 0.250 e. The number of nitrogens with one attached hydrogen (secondary N) is 2. The third-order valence-electron chi connectivity index (χ3n) is 2.54. The van der Waals surface area contributed by atoms with Gasteiger partial charge in [-0.3, -0.25) is 4.79 Å². The second-order valence-corrected chi connectivity index (χ2v) is 5.05. The van der Waals surface area contributed by atoms with Crippen LogP contribution in [0.4, 0.5) is 11.4 Å². The predicted molar refractivity (Wildman–Crippen MR) is 78.5 cm³/mol. The molecule has 102 valence electrons. The van der Waals surface area contributed by atoms with Gasteiger partial charge >= 0.3 is 0 Å². The number of carbonyl (C=O) groups is 1. The Morgan fingerprint density at radius 3 is 2.85 bits per heavy atom. The first-order valence-corrected chi connectivity index (χ1v) is 6.81. The van der Waals surface area contributed by atoms with Gasteiger partial charge in [-0.15, -0.1) is 11.3 Å². The molecule has 0 aliphatic carbocycles. The van der Waals surface area contributed by atoms with Crippen molar-refractivity contribution in [2.24, 2.45) is 0 Å². The van der Waals surface area contributed by atoms with E-state index in [9.17, 15) is 4.79 Å². The Balaban J connectivity index is 1.97. The molecule has 0 saturated carbocycles. The van der Waals surface area contributed by atoms with Crippen LogP contribution in [0, 0.1) is 11.3 Å². The highest BCUT2D eigenvalue weighted by Crippen LogP contribution is 2.18. The van der Waals surface area contributed by atoms with Crippen LogP contribution in [0.1, 0.15) is 10.4 Å². The fourth-order valence-electron chi connectivity index (χ4n) is 1.63. The summed E-state index contributed by atoms with van der Waals surface area (Å²) in [7, 11) is 0. The van der Waals surface area contributed by atoms with Crippen molar-refractivity contribution < 1.29 is 9.90 Å². The standard InChI is InChI=1S/C14H13N3O2S/c15-6-10-4-13(20-9-10)7-16-11-2-1-3-12(5-11)17-14(19)8-18/h1-5,9,16,18H,7-8H2,(H,17,19). The van der Waals surface area contributed by atoms with Gasteiger partial charge in [0.2, 0.25) is 5.91 Å². The molecule has 0 saturated heterocycles. The van der Waals surface area contributed by atoms with Crippen LogP contribution in [-0.4, -0.2) is 17.6 Å². The topological polar surface area (TPSA) is 85.2 Å². The first kappa shape index (κ1) is 14.1. The monoisotopic (exact) mass is 287 g/mol. The smallest absolute Gasteiger partial charge is 0.250 e. The van der Waals surface area contributed by atoms with E-state index >= 15 is 0 Å². The lowest BCUT2D eigenvalue weighted by Crippen LogP contribution is -2.15. The molecule has 5 nitrogen and oxygen atoms in total. The molecular formula is C14H13N3O2S. The zero-order valence-electron chi connectivity index (χ0n) is 10.6. The van der Waals surface area contributed by atoms with Crippen molar-refractivity contribution in [3.63, 3.8) is 0 Å². The van der Waals surface area contributed by atoms with Crippen LogP contribution in [0.15, 0.2) is 35.7 Å². The molecule has 1 heterocycles. The zero-order chi connectivity index (χ0) is 14.4. The Labute approximate surface area is 120 Å². The van der Waals surface area contributed by atoms with Gasteiger partial charge in [0, 0.05) is 28.2 Å². The molecule has 1 aromatic carbocycles. The molecule has 0 aliphatic rings. The fraction of sp³-hybridized carbons (Fsp3) is 0.143. The SMILES string of the molecule is N#Cc1csc(CNc2cccc(NC(=O)CO)c2)c1. The summed E-state index contributed by atoms with van der Waals surface area (Å²) in [6, 6.07) is 11.2. The molecule has 0 aliphatic heterocycles. The minimum Gasteiger partial charge on any atom is -0.387 e. The summed E-state index contributed by atoms with van der Waals surface area (Å²) < 4.78 is 0. The first-order chi connectivity index (χ1) is 9.71. The Morgan fingerprint density at radius 2 is 2.15 bits per heavy atom. The summed E-state index contributed by atoms with van der Waals surface area (Å²) in [4.78, 5) is 12.2. The minimum absolute atomic E-state index is 0.445. The summed E-state index contributed by atoms with van der Waals surface area (Å²) >= 11 is 1.52. The van der Waals surface area contributed by atoms with Gasteiger partial charge in [-0.05, 0) is 24.3 Å². The average molecular weight is 287 g/mol. The average Bonchev–Trinajstić information content (AvgIpc) is 2.93. The van der Waals surface area contributed by atoms with Gasteiger partial charge in [0.15, 0.2) is 0 Å². The number of thiophene rings is 1. The van der Waals surface area contributed by atoms with Gasteiger partial charge in [0.1, 0.15) is 12.7 Å². The van der Waals surface area contributed by atoms with Crippen LogP contribution < -0.4 is 10.6 Å². The predicted octanol–water partition coefficient (Wildman–Crippen LogP) is 2.16. The maximum absolute atomic E-state index is 11.1. The Hall–Kier alpha value is -2.36. The lowest BCUT2D eigenvalue weighted by atomic mass is 10.2. The molecule has 1 aromatic heterocycles. The van der Waals surface area contributed by atoms with E-state index in [0.29, 0.717) is 17.8 Å². The van der Waals surface area contributed by atoms with E-state index in [1.807, 2.05) is 23.6 Å². The largest absolute Gasteiger partial charge is 0.387 e. The number of amides is 1. The van der Waals surface area contributed by atoms with Gasteiger partial charge < -0.3 is 15.7 Å². The number of hydrogen-bond donors (Lipinski definition) is 3. The normalized spacial score (nSPS) is 9.80. The molecule has 2 aromatic rings. The number of nitriles is 1. The highest BCUT2D eigenvalue weighted by Gasteiger charge is 2.02. The van der Waals surface area contributed by atoms with Crippen LogP contribution >= 0.6 is 11.3 Å². The summed E-state index contributed by atoms with van der Waals surface area (Å²) in [6.07, 6.45) is 0. The Morgan fingerprint density at radius 1 is 1.35 bits per heavy atom. The quantitative estimate of drug-likeness (QED) is 0.786. The number of carbonyl (C=O) groups excluding carboxylic acids is 1. The summed E-state index contributed by atoms with van der Waals surface area (Å²) in [6.45, 7) is 0.0769. The Kier molecular flexibility index (Phi) is 4.71. The van der Waals surface area contributed by atoms with E-state index in [1.165, 1.54) is 11.3 Å². The van der Waals surface area contributed by atoms with Gasteiger partial charge in [-0.1, -0.05) is 6.07 Å². The van der Waals surface area contributed by atoms with Crippen molar-refractivity contribution in [3.8, 4) is 6.07 Å². The van der Waals surface area contributed by atoms with Gasteiger partial charge in [-0.2, -0.15) is 5.26 Å². The minimum atomic E-state index is -0.538. The van der Waals surface area contributed by atoms with E-state index in [4.69, 9.17) is 10.4 Å². The van der Waals surface area contributed by atoms with E-state index in [0.717, 1.165) is 10.6 Å². The number of aliphatic hydroxyl groups is 1. The number of benzene rings is 1. The highest BCUT2D eigenvalue weighted by molar-refractivity contribution is 7.10.